The van der Waals surface area contributed by atoms with Crippen LogP contribution in [0.25, 0.3) is 6.08 Å². The Morgan fingerprint density at radius 2 is 1.71 bits per heavy atom. The van der Waals surface area contributed by atoms with Gasteiger partial charge in [0.15, 0.2) is 5.17 Å². The lowest BCUT2D eigenvalue weighted by molar-refractivity contribution is -0.115. The second kappa shape index (κ2) is 7.14. The molecule has 0 fully saturated rings. The van der Waals surface area contributed by atoms with Gasteiger partial charge in [-0.1, -0.05) is 60.3 Å². The fraction of sp³-hybridized carbons (Fsp3) is 0.0556. The molecule has 2 amide bonds. The van der Waals surface area contributed by atoms with Gasteiger partial charge in [0, 0.05) is 0 Å². The van der Waals surface area contributed by atoms with Gasteiger partial charge in [0.25, 0.3) is 5.91 Å². The number of thioether (sulfide) groups is 1. The van der Waals surface area contributed by atoms with Crippen molar-refractivity contribution in [3.05, 3.63) is 71.9 Å². The first-order valence-corrected chi connectivity index (χ1v) is 8.30. The van der Waals surface area contributed by atoms with Crippen LogP contribution in [0.3, 0.4) is 0 Å². The number of para-hydroxylation sites is 1. The molecule has 0 bridgehead atoms. The van der Waals surface area contributed by atoms with Crippen molar-refractivity contribution < 1.29 is 9.59 Å². The number of rotatable bonds is 4. The average Bonchev–Trinajstić information content (AvgIpc) is 2.90. The van der Waals surface area contributed by atoms with E-state index in [9.17, 15) is 9.59 Å². The predicted octanol–water partition coefficient (Wildman–Crippen LogP) is 2.65. The van der Waals surface area contributed by atoms with E-state index in [-0.39, 0.29) is 11.7 Å². The van der Waals surface area contributed by atoms with Crippen LogP contribution in [-0.2, 0) is 9.59 Å². The maximum absolute atomic E-state index is 12.8. The first-order chi connectivity index (χ1) is 11.6. The van der Waals surface area contributed by atoms with E-state index in [1.807, 2.05) is 60.7 Å². The van der Waals surface area contributed by atoms with Crippen LogP contribution >= 0.6 is 11.8 Å². The van der Waals surface area contributed by atoms with Crippen LogP contribution in [0, 0.1) is 0 Å². The zero-order valence-electron chi connectivity index (χ0n) is 12.8. The third-order valence-corrected chi connectivity index (χ3v) is 4.25. The van der Waals surface area contributed by atoms with Gasteiger partial charge in [-0.05, 0) is 23.8 Å². The molecule has 120 valence electrons. The minimum atomic E-state index is -0.455. The summed E-state index contributed by atoms with van der Waals surface area (Å²) in [5, 5.41) is 0.451. The van der Waals surface area contributed by atoms with Crippen LogP contribution in [0.2, 0.25) is 0 Å². The number of nitrogens with zero attached hydrogens (tertiary/aromatic N) is 2. The highest BCUT2D eigenvalue weighted by atomic mass is 32.2. The van der Waals surface area contributed by atoms with Crippen molar-refractivity contribution in [2.45, 2.75) is 0 Å². The van der Waals surface area contributed by atoms with Crippen molar-refractivity contribution in [3.63, 3.8) is 0 Å². The summed E-state index contributed by atoms with van der Waals surface area (Å²) in [6, 6.07) is 18.7. The van der Waals surface area contributed by atoms with E-state index in [1.165, 1.54) is 4.90 Å². The molecule has 1 aliphatic heterocycles. The number of hydrogen-bond acceptors (Lipinski definition) is 4. The Balaban J connectivity index is 1.96. The molecule has 0 saturated carbocycles. The van der Waals surface area contributed by atoms with Crippen LogP contribution in [0.1, 0.15) is 5.56 Å². The Labute approximate surface area is 143 Å². The second-order valence-corrected chi connectivity index (χ2v) is 6.01. The quantitative estimate of drug-likeness (QED) is 0.872. The minimum Gasteiger partial charge on any atom is -0.369 e. The Bertz CT molecular complexity index is 817. The molecule has 2 aromatic carbocycles. The summed E-state index contributed by atoms with van der Waals surface area (Å²) < 4.78 is 0. The summed E-state index contributed by atoms with van der Waals surface area (Å²) in [6.45, 7) is 0. The topological polar surface area (TPSA) is 75.8 Å². The first-order valence-electron chi connectivity index (χ1n) is 7.31. The number of carbonyl (C=O) groups excluding carboxylic acids is 2. The number of amidine groups is 1. The smallest absolute Gasteiger partial charge is 0.283 e. The van der Waals surface area contributed by atoms with Gasteiger partial charge in [-0.3, -0.25) is 14.5 Å². The number of primary amides is 1. The summed E-state index contributed by atoms with van der Waals surface area (Å²) in [4.78, 5) is 29.8. The third kappa shape index (κ3) is 3.55. The molecule has 3 rings (SSSR count). The van der Waals surface area contributed by atoms with Gasteiger partial charge in [0.05, 0.1) is 11.4 Å². The highest BCUT2D eigenvalue weighted by Gasteiger charge is 2.32. The summed E-state index contributed by atoms with van der Waals surface area (Å²) in [5.41, 5.74) is 7.14. The van der Waals surface area contributed by atoms with Crippen LogP contribution in [-0.4, -0.2) is 22.7 Å². The number of nitrogens with two attached hydrogens (primary N) is 1. The molecule has 0 aromatic heterocycles. The SMILES string of the molecule is NC(=O)CSC1=N/C(=C\c2ccccc2)C(=O)N1c1ccccc1. The summed E-state index contributed by atoms with van der Waals surface area (Å²) in [6.07, 6.45) is 1.73. The Kier molecular flexibility index (Phi) is 4.77. The number of carbonyl (C=O) groups is 2. The average molecular weight is 337 g/mol. The van der Waals surface area contributed by atoms with Crippen molar-refractivity contribution in [1.82, 2.24) is 0 Å². The molecule has 0 aliphatic carbocycles. The normalized spacial score (nSPS) is 15.7. The molecular formula is C18H15N3O2S. The van der Waals surface area contributed by atoms with Crippen LogP contribution < -0.4 is 10.6 Å². The number of benzene rings is 2. The minimum absolute atomic E-state index is 0.0636. The maximum atomic E-state index is 12.8. The van der Waals surface area contributed by atoms with Gasteiger partial charge in [0.2, 0.25) is 5.91 Å². The fourth-order valence-electron chi connectivity index (χ4n) is 2.24. The number of hydrogen-bond donors (Lipinski definition) is 1. The van der Waals surface area contributed by atoms with Crippen molar-refractivity contribution in [2.24, 2.45) is 10.7 Å². The molecule has 0 spiro atoms. The molecule has 5 nitrogen and oxygen atoms in total. The summed E-state index contributed by atoms with van der Waals surface area (Å²) in [7, 11) is 0. The fourth-order valence-corrected chi connectivity index (χ4v) is 2.99. The van der Waals surface area contributed by atoms with Crippen LogP contribution in [0.4, 0.5) is 5.69 Å². The lowest BCUT2D eigenvalue weighted by Gasteiger charge is -2.17. The van der Waals surface area contributed by atoms with Gasteiger partial charge in [-0.2, -0.15) is 0 Å². The molecule has 24 heavy (non-hydrogen) atoms. The number of amides is 2. The Hall–Kier alpha value is -2.86. The molecular weight excluding hydrogens is 322 g/mol. The molecule has 0 unspecified atom stereocenters. The van der Waals surface area contributed by atoms with E-state index < -0.39 is 5.91 Å². The van der Waals surface area contributed by atoms with Crippen molar-refractivity contribution in [3.8, 4) is 0 Å². The summed E-state index contributed by atoms with van der Waals surface area (Å²) in [5.74, 6) is -0.616. The van der Waals surface area contributed by atoms with E-state index >= 15 is 0 Å². The standard InChI is InChI=1S/C18H15N3O2S/c19-16(22)12-24-18-20-15(11-13-7-3-1-4-8-13)17(23)21(18)14-9-5-2-6-10-14/h1-11H,12H2,(H2,19,22)/b15-11-. The van der Waals surface area contributed by atoms with Gasteiger partial charge >= 0.3 is 0 Å². The van der Waals surface area contributed by atoms with Gasteiger partial charge in [-0.15, -0.1) is 0 Å². The largest absolute Gasteiger partial charge is 0.369 e. The lowest BCUT2D eigenvalue weighted by atomic mass is 10.2. The molecule has 0 radical (unpaired) electrons. The van der Waals surface area contributed by atoms with Crippen molar-refractivity contribution in [1.29, 1.82) is 0 Å². The van der Waals surface area contributed by atoms with E-state index in [0.717, 1.165) is 17.3 Å². The number of anilines is 1. The molecule has 1 heterocycles. The second-order valence-electron chi connectivity index (χ2n) is 5.07. The molecule has 0 saturated heterocycles. The zero-order chi connectivity index (χ0) is 16.9. The maximum Gasteiger partial charge on any atom is 0.283 e. The van der Waals surface area contributed by atoms with Gasteiger partial charge in [-0.25, -0.2) is 4.99 Å². The van der Waals surface area contributed by atoms with Gasteiger partial charge in [0.1, 0.15) is 5.70 Å². The van der Waals surface area contributed by atoms with Crippen molar-refractivity contribution >= 4 is 40.5 Å². The molecule has 1 aliphatic rings. The number of aliphatic imine (C=N–C) groups is 1. The third-order valence-electron chi connectivity index (χ3n) is 3.29. The summed E-state index contributed by atoms with van der Waals surface area (Å²) >= 11 is 1.15. The predicted molar refractivity (Wildman–Crippen MR) is 97.4 cm³/mol. The Morgan fingerprint density at radius 3 is 2.33 bits per heavy atom. The van der Waals surface area contributed by atoms with Crippen LogP contribution in [0.15, 0.2) is 71.4 Å². The van der Waals surface area contributed by atoms with E-state index in [2.05, 4.69) is 4.99 Å². The van der Waals surface area contributed by atoms with E-state index in [1.54, 1.807) is 6.08 Å². The molecule has 0 atom stereocenters. The van der Waals surface area contributed by atoms with E-state index in [4.69, 9.17) is 5.73 Å². The Morgan fingerprint density at radius 1 is 1.08 bits per heavy atom. The first kappa shape index (κ1) is 16.0. The molecule has 2 N–H and O–H groups in total. The van der Waals surface area contributed by atoms with E-state index in [0.29, 0.717) is 16.6 Å². The van der Waals surface area contributed by atoms with Gasteiger partial charge < -0.3 is 5.73 Å². The lowest BCUT2D eigenvalue weighted by Crippen LogP contribution is -2.31. The monoisotopic (exact) mass is 337 g/mol. The molecule has 6 heteroatoms. The highest BCUT2D eigenvalue weighted by Crippen LogP contribution is 2.29. The zero-order valence-corrected chi connectivity index (χ0v) is 13.6. The highest BCUT2D eigenvalue weighted by molar-refractivity contribution is 8.14. The van der Waals surface area contributed by atoms with Crippen LogP contribution in [0.5, 0.6) is 0 Å². The molecule has 2 aromatic rings. The van der Waals surface area contributed by atoms with Crippen molar-refractivity contribution in [2.75, 3.05) is 10.7 Å².